The topological polar surface area (TPSA) is 44.7 Å². The van der Waals surface area contributed by atoms with Gasteiger partial charge in [0.25, 0.3) is 0 Å². The molecule has 0 aliphatic carbocycles. The highest BCUT2D eigenvalue weighted by Crippen LogP contribution is 1.77. The monoisotopic (exact) mass is 129 g/mol. The van der Waals surface area contributed by atoms with Crippen molar-refractivity contribution in [3.8, 4) is 0 Å². The van der Waals surface area contributed by atoms with Crippen LogP contribution in [0, 0.1) is 0 Å². The first-order valence-electron chi connectivity index (χ1n) is 2.70. The van der Waals surface area contributed by atoms with Gasteiger partial charge in [-0.2, -0.15) is 5.10 Å². The molecule has 52 valence electrons. The van der Waals surface area contributed by atoms with E-state index in [-0.39, 0.29) is 5.91 Å². The van der Waals surface area contributed by atoms with Crippen LogP contribution in [0.3, 0.4) is 0 Å². The molecule has 0 unspecified atom stereocenters. The second-order valence-corrected chi connectivity index (χ2v) is 1.55. The van der Waals surface area contributed by atoms with Crippen molar-refractivity contribution in [3.63, 3.8) is 0 Å². The molecular weight excluding hydrogens is 118 g/mol. The zero-order valence-electron chi connectivity index (χ0n) is 5.72. The third-order valence-corrected chi connectivity index (χ3v) is 0.820. The minimum Gasteiger partial charge on any atom is -0.273 e. The minimum absolute atomic E-state index is 0.0649. The lowest BCUT2D eigenvalue weighted by Crippen LogP contribution is -2.34. The third-order valence-electron chi connectivity index (χ3n) is 0.820. The molecule has 1 amide bonds. The fourth-order valence-electron chi connectivity index (χ4n) is 0.295. The normalized spacial score (nSPS) is 8.22. The fraction of sp³-hybridized carbons (Fsp3) is 0.600. The number of carbonyl (C=O) groups is 1. The van der Waals surface area contributed by atoms with Crippen LogP contribution < -0.4 is 5.43 Å². The Hall–Kier alpha value is -1.06. The van der Waals surface area contributed by atoms with Gasteiger partial charge in [-0.15, -0.1) is 0 Å². The Balaban J connectivity index is 3.46. The van der Waals surface area contributed by atoms with Gasteiger partial charge < -0.3 is 0 Å². The molecule has 0 saturated carbocycles. The number of hydrazone groups is 1. The Morgan fingerprint density at radius 1 is 1.89 bits per heavy atom. The van der Waals surface area contributed by atoms with Crippen LogP contribution in [0.25, 0.3) is 0 Å². The molecule has 0 heterocycles. The van der Waals surface area contributed by atoms with E-state index in [4.69, 9.17) is 0 Å². The van der Waals surface area contributed by atoms with Crippen LogP contribution in [-0.2, 0) is 4.79 Å². The highest BCUT2D eigenvalue weighted by Gasteiger charge is 1.95. The van der Waals surface area contributed by atoms with E-state index < -0.39 is 0 Å². The summed E-state index contributed by atoms with van der Waals surface area (Å²) >= 11 is 0. The summed E-state index contributed by atoms with van der Waals surface area (Å²) in [5, 5.41) is 4.70. The van der Waals surface area contributed by atoms with E-state index in [2.05, 4.69) is 17.2 Å². The summed E-state index contributed by atoms with van der Waals surface area (Å²) in [4.78, 5) is 10.5. The molecule has 1 N–H and O–H groups in total. The standard InChI is InChI=1S/C5H11N3O/c1-4-5(9)7-8(3)6-2/h2,4H2,1,3H3,(H,7,9). The number of nitrogens with one attached hydrogen (secondary N) is 1. The Bertz CT molecular complexity index is 113. The number of nitrogens with zero attached hydrogens (tertiary/aromatic N) is 2. The van der Waals surface area contributed by atoms with Crippen LogP contribution in [0.4, 0.5) is 0 Å². The van der Waals surface area contributed by atoms with Crippen LogP contribution in [0.2, 0.25) is 0 Å². The van der Waals surface area contributed by atoms with E-state index in [1.807, 2.05) is 0 Å². The minimum atomic E-state index is -0.0649. The van der Waals surface area contributed by atoms with E-state index in [0.717, 1.165) is 0 Å². The van der Waals surface area contributed by atoms with Gasteiger partial charge in [0, 0.05) is 20.2 Å². The zero-order chi connectivity index (χ0) is 7.28. The molecule has 0 radical (unpaired) electrons. The van der Waals surface area contributed by atoms with Gasteiger partial charge in [-0.25, -0.2) is 5.12 Å². The van der Waals surface area contributed by atoms with Crippen molar-refractivity contribution in [2.24, 2.45) is 5.10 Å². The van der Waals surface area contributed by atoms with Crippen LogP contribution >= 0.6 is 0 Å². The first-order chi connectivity index (χ1) is 4.20. The van der Waals surface area contributed by atoms with Crippen molar-refractivity contribution in [1.29, 1.82) is 0 Å². The van der Waals surface area contributed by atoms with Crippen LogP contribution in [-0.4, -0.2) is 24.8 Å². The summed E-state index contributed by atoms with van der Waals surface area (Å²) in [5.74, 6) is -0.0649. The summed E-state index contributed by atoms with van der Waals surface area (Å²) in [5.41, 5.74) is 2.44. The van der Waals surface area contributed by atoms with Crippen molar-refractivity contribution >= 4 is 12.6 Å². The van der Waals surface area contributed by atoms with E-state index in [9.17, 15) is 4.79 Å². The molecule has 0 aliphatic heterocycles. The summed E-state index contributed by atoms with van der Waals surface area (Å²) < 4.78 is 0. The lowest BCUT2D eigenvalue weighted by Gasteiger charge is -2.11. The maximum atomic E-state index is 10.5. The number of hydrazine groups is 1. The fourth-order valence-corrected chi connectivity index (χ4v) is 0.295. The Kier molecular flexibility index (Phi) is 3.43. The Morgan fingerprint density at radius 2 is 2.44 bits per heavy atom. The lowest BCUT2D eigenvalue weighted by atomic mass is 10.5. The first kappa shape index (κ1) is 7.94. The molecule has 0 bridgehead atoms. The van der Waals surface area contributed by atoms with Gasteiger partial charge in [0.15, 0.2) is 0 Å². The molecule has 0 aliphatic rings. The second-order valence-electron chi connectivity index (χ2n) is 1.55. The van der Waals surface area contributed by atoms with Gasteiger partial charge in [-0.05, 0) is 0 Å². The third kappa shape index (κ3) is 3.52. The molecule has 0 rings (SSSR count). The summed E-state index contributed by atoms with van der Waals surface area (Å²) in [6.07, 6.45) is 0.458. The van der Waals surface area contributed by atoms with Gasteiger partial charge in [0.05, 0.1) is 0 Å². The van der Waals surface area contributed by atoms with Crippen LogP contribution in [0.15, 0.2) is 5.10 Å². The van der Waals surface area contributed by atoms with Crippen LogP contribution in [0.1, 0.15) is 13.3 Å². The predicted molar refractivity (Wildman–Crippen MR) is 35.7 cm³/mol. The molecule has 4 nitrogen and oxygen atoms in total. The van der Waals surface area contributed by atoms with Crippen molar-refractivity contribution < 1.29 is 4.79 Å². The zero-order valence-corrected chi connectivity index (χ0v) is 5.72. The molecular formula is C5H11N3O. The molecule has 0 spiro atoms. The van der Waals surface area contributed by atoms with Gasteiger partial charge in [0.2, 0.25) is 5.91 Å². The average Bonchev–Trinajstić information content (AvgIpc) is 1.87. The first-order valence-corrected chi connectivity index (χ1v) is 2.70. The van der Waals surface area contributed by atoms with Gasteiger partial charge in [0.1, 0.15) is 0 Å². The average molecular weight is 129 g/mol. The number of rotatable bonds is 3. The molecule has 4 heteroatoms. The quantitative estimate of drug-likeness (QED) is 0.429. The van der Waals surface area contributed by atoms with E-state index in [1.165, 1.54) is 5.12 Å². The molecule has 0 saturated heterocycles. The summed E-state index contributed by atoms with van der Waals surface area (Å²) in [7, 11) is 1.61. The highest BCUT2D eigenvalue weighted by molar-refractivity contribution is 5.74. The number of hydrogen-bond acceptors (Lipinski definition) is 3. The smallest absolute Gasteiger partial charge is 0.239 e. The summed E-state index contributed by atoms with van der Waals surface area (Å²) in [6.45, 7) is 4.98. The van der Waals surface area contributed by atoms with Crippen molar-refractivity contribution in [2.45, 2.75) is 13.3 Å². The van der Waals surface area contributed by atoms with Gasteiger partial charge in [-0.1, -0.05) is 6.92 Å². The molecule has 0 aromatic rings. The maximum absolute atomic E-state index is 10.5. The van der Waals surface area contributed by atoms with E-state index in [0.29, 0.717) is 6.42 Å². The molecule has 0 atom stereocenters. The van der Waals surface area contributed by atoms with E-state index in [1.54, 1.807) is 14.0 Å². The summed E-state index contributed by atoms with van der Waals surface area (Å²) in [6, 6.07) is 0. The second kappa shape index (κ2) is 3.88. The molecule has 9 heavy (non-hydrogen) atoms. The van der Waals surface area contributed by atoms with Crippen molar-refractivity contribution in [1.82, 2.24) is 10.5 Å². The van der Waals surface area contributed by atoms with Crippen molar-refractivity contribution in [2.75, 3.05) is 7.05 Å². The van der Waals surface area contributed by atoms with Crippen molar-refractivity contribution in [3.05, 3.63) is 0 Å². The van der Waals surface area contributed by atoms with Gasteiger partial charge >= 0.3 is 0 Å². The Morgan fingerprint density at radius 3 is 2.78 bits per heavy atom. The lowest BCUT2D eigenvalue weighted by molar-refractivity contribution is -0.124. The number of carbonyl (C=O) groups excluding carboxylic acids is 1. The number of hydrogen-bond donors (Lipinski definition) is 1. The van der Waals surface area contributed by atoms with Gasteiger partial charge in [-0.3, -0.25) is 10.2 Å². The Labute approximate surface area is 54.5 Å². The van der Waals surface area contributed by atoms with Crippen LogP contribution in [0.5, 0.6) is 0 Å². The van der Waals surface area contributed by atoms with E-state index >= 15 is 0 Å². The largest absolute Gasteiger partial charge is 0.273 e. The highest BCUT2D eigenvalue weighted by atomic mass is 16.2. The SMILES string of the molecule is C=NN(C)NC(=O)CC. The molecule has 0 fully saturated rings. The predicted octanol–water partition coefficient (Wildman–Crippen LogP) is -0.0250. The number of amides is 1. The molecule has 0 aromatic heterocycles. The maximum Gasteiger partial charge on any atom is 0.239 e. The molecule has 0 aromatic carbocycles.